The van der Waals surface area contributed by atoms with E-state index in [4.69, 9.17) is 4.74 Å². The first kappa shape index (κ1) is 12.6. The fraction of sp³-hybridized carbons (Fsp3) is 0.438. The van der Waals surface area contributed by atoms with Gasteiger partial charge in [-0.15, -0.1) is 0 Å². The Hall–Kier alpha value is -1.13. The molecule has 0 N–H and O–H groups in total. The molecule has 1 aliphatic heterocycles. The first-order valence-electron chi connectivity index (χ1n) is 7.24. The number of hydrogen-bond acceptors (Lipinski definition) is 2. The average Bonchev–Trinajstić information content (AvgIpc) is 3.05. The molecule has 0 amide bonds. The number of allylic oxidation sites excluding steroid dienone is 1. The molecule has 0 saturated carbocycles. The Morgan fingerprint density at radius 2 is 2.25 bits per heavy atom. The van der Waals surface area contributed by atoms with Crippen LogP contribution >= 0.6 is 15.9 Å². The number of fused-ring (bicyclic) bond motifs is 2. The van der Waals surface area contributed by atoms with Crippen LogP contribution in [0, 0.1) is 0 Å². The molecule has 0 bridgehead atoms. The second-order valence-corrected chi connectivity index (χ2v) is 6.46. The summed E-state index contributed by atoms with van der Waals surface area (Å²) in [4.78, 5) is 0. The van der Waals surface area contributed by atoms with Crippen LogP contribution in [0.5, 0.6) is 0 Å². The van der Waals surface area contributed by atoms with E-state index < -0.39 is 0 Å². The van der Waals surface area contributed by atoms with E-state index in [0.717, 1.165) is 36.8 Å². The molecule has 104 valence electrons. The standard InChI is InChI=1S/C16H17BrN2O/c1-10-5-6-11-8-13-12(16(17)15(10)11)9-18-19(13)14-4-2-3-7-20-14/h8-9,14H,1-7H2. The first-order chi connectivity index (χ1) is 9.75. The highest BCUT2D eigenvalue weighted by Crippen LogP contribution is 2.41. The van der Waals surface area contributed by atoms with Gasteiger partial charge in [-0.25, -0.2) is 4.68 Å². The normalized spacial score (nSPS) is 22.4. The summed E-state index contributed by atoms with van der Waals surface area (Å²) in [6.07, 6.45) is 7.62. The van der Waals surface area contributed by atoms with Gasteiger partial charge in [-0.05, 0) is 70.8 Å². The third-order valence-electron chi connectivity index (χ3n) is 4.40. The number of hydrogen-bond donors (Lipinski definition) is 0. The van der Waals surface area contributed by atoms with Crippen molar-refractivity contribution in [2.24, 2.45) is 0 Å². The van der Waals surface area contributed by atoms with Gasteiger partial charge in [-0.1, -0.05) is 6.58 Å². The Morgan fingerprint density at radius 3 is 3.05 bits per heavy atom. The van der Waals surface area contributed by atoms with E-state index in [2.05, 4.69) is 38.4 Å². The minimum atomic E-state index is 0.0933. The van der Waals surface area contributed by atoms with Crippen LogP contribution in [0.2, 0.25) is 0 Å². The van der Waals surface area contributed by atoms with Gasteiger partial charge < -0.3 is 4.74 Å². The summed E-state index contributed by atoms with van der Waals surface area (Å²) in [7, 11) is 0. The maximum atomic E-state index is 5.88. The minimum Gasteiger partial charge on any atom is -0.356 e. The smallest absolute Gasteiger partial charge is 0.150 e. The molecule has 2 aliphatic rings. The zero-order chi connectivity index (χ0) is 13.7. The topological polar surface area (TPSA) is 27.1 Å². The largest absolute Gasteiger partial charge is 0.356 e. The molecule has 1 saturated heterocycles. The molecule has 4 rings (SSSR count). The number of aromatic nitrogens is 2. The average molecular weight is 333 g/mol. The Labute approximate surface area is 126 Å². The monoisotopic (exact) mass is 332 g/mol. The maximum Gasteiger partial charge on any atom is 0.150 e. The van der Waals surface area contributed by atoms with E-state index in [1.54, 1.807) is 0 Å². The summed E-state index contributed by atoms with van der Waals surface area (Å²) in [6, 6.07) is 2.28. The van der Waals surface area contributed by atoms with E-state index in [-0.39, 0.29) is 6.23 Å². The maximum absolute atomic E-state index is 5.88. The second-order valence-electron chi connectivity index (χ2n) is 5.67. The molecule has 1 atom stereocenters. The van der Waals surface area contributed by atoms with Crippen LogP contribution in [-0.2, 0) is 11.2 Å². The van der Waals surface area contributed by atoms with Crippen LogP contribution in [0.25, 0.3) is 16.5 Å². The Morgan fingerprint density at radius 1 is 1.35 bits per heavy atom. The molecule has 1 aromatic heterocycles. The summed E-state index contributed by atoms with van der Waals surface area (Å²) in [6.45, 7) is 5.02. The van der Waals surface area contributed by atoms with Crippen LogP contribution in [0.4, 0.5) is 0 Å². The lowest BCUT2D eigenvalue weighted by atomic mass is 10.1. The highest BCUT2D eigenvalue weighted by Gasteiger charge is 2.24. The molecule has 0 spiro atoms. The third kappa shape index (κ3) is 1.78. The molecule has 1 aromatic carbocycles. The van der Waals surface area contributed by atoms with Gasteiger partial charge in [0.2, 0.25) is 0 Å². The van der Waals surface area contributed by atoms with Crippen molar-refractivity contribution in [2.45, 2.75) is 38.3 Å². The van der Waals surface area contributed by atoms with Gasteiger partial charge in [0.25, 0.3) is 0 Å². The zero-order valence-corrected chi connectivity index (χ0v) is 12.9. The molecular formula is C16H17BrN2O. The Kier molecular flexibility index (Phi) is 2.97. The molecule has 2 aromatic rings. The molecule has 4 heteroatoms. The number of nitrogens with zero attached hydrogens (tertiary/aromatic N) is 2. The van der Waals surface area contributed by atoms with Gasteiger partial charge in [0, 0.05) is 16.5 Å². The van der Waals surface area contributed by atoms with Crippen LogP contribution in [0.15, 0.2) is 23.3 Å². The third-order valence-corrected chi connectivity index (χ3v) is 5.22. The molecule has 3 nitrogen and oxygen atoms in total. The van der Waals surface area contributed by atoms with E-state index >= 15 is 0 Å². The van der Waals surface area contributed by atoms with Crippen LogP contribution in [-0.4, -0.2) is 16.4 Å². The van der Waals surface area contributed by atoms with Crippen molar-refractivity contribution in [1.29, 1.82) is 0 Å². The molecule has 1 aliphatic carbocycles. The van der Waals surface area contributed by atoms with Crippen molar-refractivity contribution < 1.29 is 4.74 Å². The Bertz CT molecular complexity index is 698. The molecule has 20 heavy (non-hydrogen) atoms. The van der Waals surface area contributed by atoms with Gasteiger partial charge in [0.05, 0.1) is 11.7 Å². The number of benzene rings is 1. The highest BCUT2D eigenvalue weighted by molar-refractivity contribution is 9.10. The fourth-order valence-electron chi connectivity index (χ4n) is 3.33. The SMILES string of the molecule is C=C1CCc2cc3c(cnn3C3CCCCO3)c(Br)c21. The lowest BCUT2D eigenvalue weighted by Crippen LogP contribution is -2.19. The summed E-state index contributed by atoms with van der Waals surface area (Å²) in [5.41, 5.74) is 5.08. The number of aryl methyl sites for hydroxylation is 1. The summed E-state index contributed by atoms with van der Waals surface area (Å²) in [5.74, 6) is 0. The predicted octanol–water partition coefficient (Wildman–Crippen LogP) is 4.46. The summed E-state index contributed by atoms with van der Waals surface area (Å²) >= 11 is 3.76. The van der Waals surface area contributed by atoms with Crippen molar-refractivity contribution in [3.05, 3.63) is 34.4 Å². The van der Waals surface area contributed by atoms with Crippen LogP contribution in [0.3, 0.4) is 0 Å². The van der Waals surface area contributed by atoms with E-state index in [1.165, 1.54) is 34.0 Å². The number of rotatable bonds is 1. The van der Waals surface area contributed by atoms with Crippen molar-refractivity contribution >= 4 is 32.4 Å². The van der Waals surface area contributed by atoms with Crippen molar-refractivity contribution in [2.75, 3.05) is 6.61 Å². The lowest BCUT2D eigenvalue weighted by Gasteiger charge is -2.23. The van der Waals surface area contributed by atoms with E-state index in [0.29, 0.717) is 0 Å². The molecule has 2 heterocycles. The zero-order valence-electron chi connectivity index (χ0n) is 11.4. The first-order valence-corrected chi connectivity index (χ1v) is 8.03. The minimum absolute atomic E-state index is 0.0933. The summed E-state index contributed by atoms with van der Waals surface area (Å²) in [5, 5.41) is 5.75. The highest BCUT2D eigenvalue weighted by atomic mass is 79.9. The van der Waals surface area contributed by atoms with Gasteiger partial charge in [0.1, 0.15) is 0 Å². The van der Waals surface area contributed by atoms with Crippen LogP contribution < -0.4 is 0 Å². The van der Waals surface area contributed by atoms with E-state index in [1.807, 2.05) is 6.20 Å². The van der Waals surface area contributed by atoms with Gasteiger partial charge >= 0.3 is 0 Å². The van der Waals surface area contributed by atoms with Crippen LogP contribution in [0.1, 0.15) is 43.0 Å². The molecular weight excluding hydrogens is 316 g/mol. The molecule has 1 unspecified atom stereocenters. The van der Waals surface area contributed by atoms with Gasteiger partial charge in [0.15, 0.2) is 6.23 Å². The predicted molar refractivity (Wildman–Crippen MR) is 83.6 cm³/mol. The quantitative estimate of drug-likeness (QED) is 0.771. The number of halogens is 1. The number of ether oxygens (including phenoxy) is 1. The van der Waals surface area contributed by atoms with Crippen molar-refractivity contribution in [3.8, 4) is 0 Å². The molecule has 1 fully saturated rings. The molecule has 0 radical (unpaired) electrons. The van der Waals surface area contributed by atoms with Gasteiger partial charge in [-0.2, -0.15) is 5.10 Å². The Balaban J connectivity index is 1.89. The van der Waals surface area contributed by atoms with Crippen molar-refractivity contribution in [1.82, 2.24) is 9.78 Å². The van der Waals surface area contributed by atoms with E-state index in [9.17, 15) is 0 Å². The fourth-order valence-corrected chi connectivity index (χ4v) is 4.17. The summed E-state index contributed by atoms with van der Waals surface area (Å²) < 4.78 is 9.08. The lowest BCUT2D eigenvalue weighted by molar-refractivity contribution is -0.0366. The second kappa shape index (κ2) is 4.71. The van der Waals surface area contributed by atoms with Crippen molar-refractivity contribution in [3.63, 3.8) is 0 Å². The van der Waals surface area contributed by atoms with Gasteiger partial charge in [-0.3, -0.25) is 0 Å².